The minimum Gasteiger partial charge on any atom is -0.368 e. The van der Waals surface area contributed by atoms with Crippen molar-refractivity contribution in [2.24, 2.45) is 0 Å². The fourth-order valence-corrected chi connectivity index (χ4v) is 2.33. The van der Waals surface area contributed by atoms with Gasteiger partial charge in [-0.3, -0.25) is 4.79 Å². The van der Waals surface area contributed by atoms with Gasteiger partial charge in [0.25, 0.3) is 5.91 Å². The van der Waals surface area contributed by atoms with E-state index in [1.54, 1.807) is 0 Å². The number of anilines is 1. The Kier molecular flexibility index (Phi) is 4.57. The lowest BCUT2D eigenvalue weighted by Gasteiger charge is -2.10. The molecule has 0 bridgehead atoms. The molecule has 0 spiro atoms. The summed E-state index contributed by atoms with van der Waals surface area (Å²) in [7, 11) is 0. The van der Waals surface area contributed by atoms with E-state index in [1.165, 1.54) is 5.56 Å². The molecule has 2 rings (SSSR count). The molecule has 92 valence electrons. The highest BCUT2D eigenvalue weighted by molar-refractivity contribution is 9.09. The van der Waals surface area contributed by atoms with E-state index in [2.05, 4.69) is 21.2 Å². The second-order valence-electron chi connectivity index (χ2n) is 4.13. The van der Waals surface area contributed by atoms with Crippen LogP contribution in [0, 0.1) is 0 Å². The molecule has 1 aliphatic rings. The van der Waals surface area contributed by atoms with Crippen molar-refractivity contribution in [2.75, 3.05) is 17.3 Å². The standard InChI is InChI=1S/C13H16BrNO2/c14-8-7-10-3-5-11(6-4-10)15-13(16)12-2-1-9-17-12/h3-6,12H,1-2,7-9H2,(H,15,16). The smallest absolute Gasteiger partial charge is 0.253 e. The minimum absolute atomic E-state index is 0.0317. The van der Waals surface area contributed by atoms with Crippen molar-refractivity contribution in [3.8, 4) is 0 Å². The molecule has 0 aromatic heterocycles. The number of hydrogen-bond acceptors (Lipinski definition) is 2. The van der Waals surface area contributed by atoms with E-state index in [-0.39, 0.29) is 12.0 Å². The van der Waals surface area contributed by atoms with Crippen LogP contribution in [-0.4, -0.2) is 23.9 Å². The minimum atomic E-state index is -0.266. The predicted octanol–water partition coefficient (Wildman–Crippen LogP) is 2.74. The molecule has 1 unspecified atom stereocenters. The number of amides is 1. The summed E-state index contributed by atoms with van der Waals surface area (Å²) in [5.41, 5.74) is 2.10. The highest BCUT2D eigenvalue weighted by atomic mass is 79.9. The molecule has 3 nitrogen and oxygen atoms in total. The van der Waals surface area contributed by atoms with Gasteiger partial charge in [-0.25, -0.2) is 0 Å². The molecule has 0 aliphatic carbocycles. The summed E-state index contributed by atoms with van der Waals surface area (Å²) in [6, 6.07) is 7.94. The van der Waals surface area contributed by atoms with Crippen molar-refractivity contribution in [1.82, 2.24) is 0 Å². The van der Waals surface area contributed by atoms with Gasteiger partial charge in [0, 0.05) is 17.6 Å². The van der Waals surface area contributed by atoms with Crippen LogP contribution in [-0.2, 0) is 16.0 Å². The van der Waals surface area contributed by atoms with Gasteiger partial charge in [0.1, 0.15) is 6.10 Å². The van der Waals surface area contributed by atoms with E-state index >= 15 is 0 Å². The second kappa shape index (κ2) is 6.17. The van der Waals surface area contributed by atoms with Gasteiger partial charge >= 0.3 is 0 Å². The molecular weight excluding hydrogens is 282 g/mol. The second-order valence-corrected chi connectivity index (χ2v) is 4.92. The van der Waals surface area contributed by atoms with Gasteiger partial charge in [0.15, 0.2) is 0 Å². The number of rotatable bonds is 4. The van der Waals surface area contributed by atoms with E-state index in [9.17, 15) is 4.79 Å². The molecular formula is C13H16BrNO2. The highest BCUT2D eigenvalue weighted by Crippen LogP contribution is 2.16. The van der Waals surface area contributed by atoms with Gasteiger partial charge in [0.2, 0.25) is 0 Å². The highest BCUT2D eigenvalue weighted by Gasteiger charge is 2.23. The maximum absolute atomic E-state index is 11.8. The largest absolute Gasteiger partial charge is 0.368 e. The van der Waals surface area contributed by atoms with E-state index < -0.39 is 0 Å². The normalized spacial score (nSPS) is 19.2. The Morgan fingerprint density at radius 3 is 2.76 bits per heavy atom. The first-order valence-corrected chi connectivity index (χ1v) is 6.99. The predicted molar refractivity (Wildman–Crippen MR) is 71.5 cm³/mol. The number of aryl methyl sites for hydroxylation is 1. The fourth-order valence-electron chi connectivity index (χ4n) is 1.87. The molecule has 1 amide bonds. The summed E-state index contributed by atoms with van der Waals surface area (Å²) in [6.45, 7) is 0.697. The topological polar surface area (TPSA) is 38.3 Å². The molecule has 0 saturated carbocycles. The number of alkyl halides is 1. The van der Waals surface area contributed by atoms with Crippen molar-refractivity contribution < 1.29 is 9.53 Å². The monoisotopic (exact) mass is 297 g/mol. The zero-order valence-electron chi connectivity index (χ0n) is 9.62. The van der Waals surface area contributed by atoms with Crippen molar-refractivity contribution >= 4 is 27.5 Å². The summed E-state index contributed by atoms with van der Waals surface area (Å²) in [6.07, 6.45) is 2.53. The Balaban J connectivity index is 1.91. The van der Waals surface area contributed by atoms with Crippen LogP contribution >= 0.6 is 15.9 Å². The summed E-state index contributed by atoms with van der Waals surface area (Å²) in [4.78, 5) is 11.8. The number of carbonyl (C=O) groups is 1. The summed E-state index contributed by atoms with van der Waals surface area (Å²) < 4.78 is 5.33. The van der Waals surface area contributed by atoms with Crippen LogP contribution in [0.15, 0.2) is 24.3 Å². The molecule has 4 heteroatoms. The van der Waals surface area contributed by atoms with Gasteiger partial charge in [-0.05, 0) is 37.0 Å². The third-order valence-electron chi connectivity index (χ3n) is 2.83. The van der Waals surface area contributed by atoms with Crippen LogP contribution in [0.3, 0.4) is 0 Å². The maximum Gasteiger partial charge on any atom is 0.253 e. The zero-order valence-corrected chi connectivity index (χ0v) is 11.2. The third kappa shape index (κ3) is 3.54. The lowest BCUT2D eigenvalue weighted by atomic mass is 10.1. The first-order chi connectivity index (χ1) is 8.29. The Morgan fingerprint density at radius 1 is 1.41 bits per heavy atom. The summed E-state index contributed by atoms with van der Waals surface area (Å²) in [5.74, 6) is -0.0317. The van der Waals surface area contributed by atoms with Crippen LogP contribution in [0.2, 0.25) is 0 Å². The van der Waals surface area contributed by atoms with Gasteiger partial charge in [-0.15, -0.1) is 0 Å². The van der Waals surface area contributed by atoms with Crippen molar-refractivity contribution in [2.45, 2.75) is 25.4 Å². The summed E-state index contributed by atoms with van der Waals surface area (Å²) >= 11 is 3.40. The third-order valence-corrected chi connectivity index (χ3v) is 3.22. The summed E-state index contributed by atoms with van der Waals surface area (Å²) in [5, 5.41) is 3.83. The van der Waals surface area contributed by atoms with Crippen LogP contribution in [0.5, 0.6) is 0 Å². The fraction of sp³-hybridized carbons (Fsp3) is 0.462. The van der Waals surface area contributed by atoms with E-state index in [0.29, 0.717) is 6.61 Å². The zero-order chi connectivity index (χ0) is 12.1. The van der Waals surface area contributed by atoms with Gasteiger partial charge in [-0.1, -0.05) is 28.1 Å². The van der Waals surface area contributed by atoms with Gasteiger partial charge in [0.05, 0.1) is 0 Å². The molecule has 1 aromatic rings. The molecule has 1 atom stereocenters. The van der Waals surface area contributed by atoms with Gasteiger partial charge in [-0.2, -0.15) is 0 Å². The first-order valence-electron chi connectivity index (χ1n) is 5.87. The molecule has 1 fully saturated rings. The Morgan fingerprint density at radius 2 is 2.18 bits per heavy atom. The number of carbonyl (C=O) groups excluding carboxylic acids is 1. The van der Waals surface area contributed by atoms with Crippen LogP contribution in [0.4, 0.5) is 5.69 Å². The number of nitrogens with one attached hydrogen (secondary N) is 1. The van der Waals surface area contributed by atoms with Crippen molar-refractivity contribution in [3.63, 3.8) is 0 Å². The van der Waals surface area contributed by atoms with E-state index in [4.69, 9.17) is 4.74 Å². The Bertz CT molecular complexity index is 372. The average Bonchev–Trinajstić information content (AvgIpc) is 2.86. The lowest BCUT2D eigenvalue weighted by Crippen LogP contribution is -2.26. The van der Waals surface area contributed by atoms with Crippen LogP contribution < -0.4 is 5.32 Å². The average molecular weight is 298 g/mol. The molecule has 1 N–H and O–H groups in total. The lowest BCUT2D eigenvalue weighted by molar-refractivity contribution is -0.124. The van der Waals surface area contributed by atoms with E-state index in [1.807, 2.05) is 24.3 Å². The van der Waals surface area contributed by atoms with Gasteiger partial charge < -0.3 is 10.1 Å². The Labute approximate surface area is 110 Å². The first kappa shape index (κ1) is 12.6. The number of halogens is 1. The van der Waals surface area contributed by atoms with Crippen LogP contribution in [0.1, 0.15) is 18.4 Å². The molecule has 1 heterocycles. The quantitative estimate of drug-likeness (QED) is 0.868. The SMILES string of the molecule is O=C(Nc1ccc(CCBr)cc1)C1CCCO1. The van der Waals surface area contributed by atoms with E-state index in [0.717, 1.165) is 30.3 Å². The van der Waals surface area contributed by atoms with Crippen molar-refractivity contribution in [1.29, 1.82) is 0 Å². The Hall–Kier alpha value is -0.870. The maximum atomic E-state index is 11.8. The molecule has 1 aromatic carbocycles. The molecule has 1 aliphatic heterocycles. The van der Waals surface area contributed by atoms with Crippen molar-refractivity contribution in [3.05, 3.63) is 29.8 Å². The molecule has 0 radical (unpaired) electrons. The van der Waals surface area contributed by atoms with Crippen LogP contribution in [0.25, 0.3) is 0 Å². The number of hydrogen-bond donors (Lipinski definition) is 1. The molecule has 1 saturated heterocycles. The number of ether oxygens (including phenoxy) is 1. The number of benzene rings is 1. The molecule has 17 heavy (non-hydrogen) atoms.